The molecule has 2 aromatic rings. The van der Waals surface area contributed by atoms with Crippen LogP contribution in [-0.4, -0.2) is 23.5 Å². The number of rotatable bonds is 4. The average molecular weight is 270 g/mol. The SMILES string of the molecule is CCNC(=NCc1ccnc2ccccc12)NC(C)C. The van der Waals surface area contributed by atoms with Crippen molar-refractivity contribution >= 4 is 16.9 Å². The highest BCUT2D eigenvalue weighted by molar-refractivity contribution is 5.83. The second kappa shape index (κ2) is 6.89. The third-order valence-electron chi connectivity index (χ3n) is 2.92. The van der Waals surface area contributed by atoms with Crippen molar-refractivity contribution < 1.29 is 0 Å². The van der Waals surface area contributed by atoms with Crippen molar-refractivity contribution in [1.82, 2.24) is 15.6 Å². The van der Waals surface area contributed by atoms with Gasteiger partial charge in [-0.2, -0.15) is 0 Å². The van der Waals surface area contributed by atoms with Crippen LogP contribution in [-0.2, 0) is 6.54 Å². The largest absolute Gasteiger partial charge is 0.357 e. The van der Waals surface area contributed by atoms with E-state index in [4.69, 9.17) is 0 Å². The van der Waals surface area contributed by atoms with Crippen LogP contribution in [0.25, 0.3) is 10.9 Å². The van der Waals surface area contributed by atoms with E-state index < -0.39 is 0 Å². The van der Waals surface area contributed by atoms with Crippen molar-refractivity contribution in [2.24, 2.45) is 4.99 Å². The fraction of sp³-hybridized carbons (Fsp3) is 0.375. The van der Waals surface area contributed by atoms with Gasteiger partial charge in [-0.05, 0) is 38.5 Å². The van der Waals surface area contributed by atoms with Gasteiger partial charge in [0.15, 0.2) is 5.96 Å². The first kappa shape index (κ1) is 14.3. The summed E-state index contributed by atoms with van der Waals surface area (Å²) in [5.41, 5.74) is 2.21. The molecule has 0 spiro atoms. The first-order valence-electron chi connectivity index (χ1n) is 7.08. The highest BCUT2D eigenvalue weighted by Crippen LogP contribution is 2.16. The number of nitrogens with zero attached hydrogens (tertiary/aromatic N) is 2. The van der Waals surface area contributed by atoms with E-state index in [1.54, 1.807) is 0 Å². The van der Waals surface area contributed by atoms with Crippen LogP contribution in [0.4, 0.5) is 0 Å². The lowest BCUT2D eigenvalue weighted by molar-refractivity contribution is 0.701. The zero-order chi connectivity index (χ0) is 14.4. The monoisotopic (exact) mass is 270 g/mol. The Morgan fingerprint density at radius 3 is 2.80 bits per heavy atom. The lowest BCUT2D eigenvalue weighted by atomic mass is 10.1. The quantitative estimate of drug-likeness (QED) is 0.663. The summed E-state index contributed by atoms with van der Waals surface area (Å²) < 4.78 is 0. The van der Waals surface area contributed by atoms with Crippen LogP contribution >= 0.6 is 0 Å². The zero-order valence-electron chi connectivity index (χ0n) is 12.4. The van der Waals surface area contributed by atoms with E-state index in [1.165, 1.54) is 10.9 Å². The number of fused-ring (bicyclic) bond motifs is 1. The van der Waals surface area contributed by atoms with E-state index in [-0.39, 0.29) is 0 Å². The van der Waals surface area contributed by atoms with Crippen LogP contribution in [0.3, 0.4) is 0 Å². The van der Waals surface area contributed by atoms with Gasteiger partial charge in [0, 0.05) is 24.2 Å². The number of aliphatic imine (C=N–C) groups is 1. The minimum absolute atomic E-state index is 0.363. The maximum Gasteiger partial charge on any atom is 0.191 e. The maximum atomic E-state index is 4.64. The molecule has 1 aromatic heterocycles. The topological polar surface area (TPSA) is 49.3 Å². The van der Waals surface area contributed by atoms with Gasteiger partial charge in [-0.15, -0.1) is 0 Å². The molecule has 4 heteroatoms. The van der Waals surface area contributed by atoms with E-state index in [0.717, 1.165) is 18.0 Å². The fourth-order valence-electron chi connectivity index (χ4n) is 2.05. The number of nitrogens with one attached hydrogen (secondary N) is 2. The Labute approximate surface area is 120 Å². The van der Waals surface area contributed by atoms with Gasteiger partial charge < -0.3 is 10.6 Å². The normalized spacial score (nSPS) is 11.9. The van der Waals surface area contributed by atoms with Crippen LogP contribution in [0, 0.1) is 0 Å². The summed E-state index contributed by atoms with van der Waals surface area (Å²) in [6.07, 6.45) is 1.84. The molecule has 0 aliphatic carbocycles. The summed E-state index contributed by atoms with van der Waals surface area (Å²) in [6, 6.07) is 10.6. The number of para-hydroxylation sites is 1. The molecule has 2 rings (SSSR count). The number of benzene rings is 1. The second-order valence-electron chi connectivity index (χ2n) is 4.98. The van der Waals surface area contributed by atoms with Gasteiger partial charge in [-0.1, -0.05) is 18.2 Å². The van der Waals surface area contributed by atoms with Gasteiger partial charge in [0.05, 0.1) is 12.1 Å². The molecule has 0 atom stereocenters. The second-order valence-corrected chi connectivity index (χ2v) is 4.98. The summed E-state index contributed by atoms with van der Waals surface area (Å²) in [5.74, 6) is 0.850. The summed E-state index contributed by atoms with van der Waals surface area (Å²) in [7, 11) is 0. The lowest BCUT2D eigenvalue weighted by Gasteiger charge is -2.14. The number of hydrogen-bond donors (Lipinski definition) is 2. The lowest BCUT2D eigenvalue weighted by Crippen LogP contribution is -2.41. The first-order valence-corrected chi connectivity index (χ1v) is 7.08. The molecule has 1 aromatic carbocycles. The molecule has 4 nitrogen and oxygen atoms in total. The van der Waals surface area contributed by atoms with Gasteiger partial charge in [0.2, 0.25) is 0 Å². The molecule has 2 N–H and O–H groups in total. The Morgan fingerprint density at radius 1 is 1.25 bits per heavy atom. The summed E-state index contributed by atoms with van der Waals surface area (Å²) in [5, 5.41) is 7.74. The molecule has 0 bridgehead atoms. The Morgan fingerprint density at radius 2 is 2.05 bits per heavy atom. The molecule has 0 fully saturated rings. The highest BCUT2D eigenvalue weighted by atomic mass is 15.2. The highest BCUT2D eigenvalue weighted by Gasteiger charge is 2.02. The van der Waals surface area contributed by atoms with Crippen LogP contribution in [0.1, 0.15) is 26.3 Å². The van der Waals surface area contributed by atoms with Crippen molar-refractivity contribution in [1.29, 1.82) is 0 Å². The van der Waals surface area contributed by atoms with Gasteiger partial charge >= 0.3 is 0 Å². The molecule has 0 unspecified atom stereocenters. The van der Waals surface area contributed by atoms with Crippen LogP contribution in [0.2, 0.25) is 0 Å². The predicted molar refractivity (Wildman–Crippen MR) is 84.8 cm³/mol. The molecule has 0 amide bonds. The Kier molecular flexibility index (Phi) is 4.93. The predicted octanol–water partition coefficient (Wildman–Crippen LogP) is 2.70. The van der Waals surface area contributed by atoms with Crippen LogP contribution in [0.5, 0.6) is 0 Å². The summed E-state index contributed by atoms with van der Waals surface area (Å²) in [4.78, 5) is 9.01. The van der Waals surface area contributed by atoms with Crippen molar-refractivity contribution in [3.63, 3.8) is 0 Å². The molecule has 0 saturated heterocycles. The first-order chi connectivity index (χ1) is 9.70. The molecule has 106 valence electrons. The maximum absolute atomic E-state index is 4.64. The van der Waals surface area contributed by atoms with Crippen molar-refractivity contribution in [2.75, 3.05) is 6.54 Å². The standard InChI is InChI=1S/C16H22N4/c1-4-17-16(20-12(2)3)19-11-13-9-10-18-15-8-6-5-7-14(13)15/h5-10,12H,4,11H2,1-3H3,(H2,17,19,20). The zero-order valence-corrected chi connectivity index (χ0v) is 12.4. The molecular weight excluding hydrogens is 248 g/mol. The van der Waals surface area contributed by atoms with Crippen molar-refractivity contribution in [2.45, 2.75) is 33.4 Å². The van der Waals surface area contributed by atoms with E-state index in [2.05, 4.69) is 47.4 Å². The minimum Gasteiger partial charge on any atom is -0.357 e. The Balaban J connectivity index is 2.22. The van der Waals surface area contributed by atoms with E-state index in [9.17, 15) is 0 Å². The third-order valence-corrected chi connectivity index (χ3v) is 2.92. The molecule has 0 radical (unpaired) electrons. The van der Waals surface area contributed by atoms with E-state index in [1.807, 2.05) is 30.5 Å². The van der Waals surface area contributed by atoms with Gasteiger partial charge in [-0.25, -0.2) is 4.99 Å². The molecule has 0 aliphatic rings. The van der Waals surface area contributed by atoms with Crippen molar-refractivity contribution in [3.8, 4) is 0 Å². The number of hydrogen-bond acceptors (Lipinski definition) is 2. The fourth-order valence-corrected chi connectivity index (χ4v) is 2.05. The number of aromatic nitrogens is 1. The Bertz CT molecular complexity index is 585. The van der Waals surface area contributed by atoms with Gasteiger partial charge in [-0.3, -0.25) is 4.98 Å². The van der Waals surface area contributed by atoms with Gasteiger partial charge in [0.25, 0.3) is 0 Å². The van der Waals surface area contributed by atoms with Gasteiger partial charge in [0.1, 0.15) is 0 Å². The summed E-state index contributed by atoms with van der Waals surface area (Å²) >= 11 is 0. The molecule has 0 aliphatic heterocycles. The van der Waals surface area contributed by atoms with E-state index in [0.29, 0.717) is 12.6 Å². The number of guanidine groups is 1. The molecule has 0 saturated carbocycles. The summed E-state index contributed by atoms with van der Waals surface area (Å²) in [6.45, 7) is 7.78. The average Bonchev–Trinajstić information content (AvgIpc) is 2.44. The molecule has 1 heterocycles. The Hall–Kier alpha value is -2.10. The van der Waals surface area contributed by atoms with Crippen LogP contribution < -0.4 is 10.6 Å². The smallest absolute Gasteiger partial charge is 0.191 e. The van der Waals surface area contributed by atoms with E-state index >= 15 is 0 Å². The molecular formula is C16H22N4. The minimum atomic E-state index is 0.363. The van der Waals surface area contributed by atoms with Crippen molar-refractivity contribution in [3.05, 3.63) is 42.1 Å². The third kappa shape index (κ3) is 3.70. The number of pyridine rings is 1. The molecule has 20 heavy (non-hydrogen) atoms. The van der Waals surface area contributed by atoms with Crippen LogP contribution in [0.15, 0.2) is 41.5 Å².